The zero-order chi connectivity index (χ0) is 16.0. The van der Waals surface area contributed by atoms with Gasteiger partial charge in [0.1, 0.15) is 5.60 Å². The lowest BCUT2D eigenvalue weighted by molar-refractivity contribution is -0.148. The van der Waals surface area contributed by atoms with Crippen LogP contribution >= 0.6 is 0 Å². The lowest BCUT2D eigenvalue weighted by Gasteiger charge is -2.29. The first-order chi connectivity index (χ1) is 9.65. The van der Waals surface area contributed by atoms with Crippen molar-refractivity contribution in [3.8, 4) is 0 Å². The lowest BCUT2D eigenvalue weighted by atomic mass is 9.84. The van der Waals surface area contributed by atoms with Crippen molar-refractivity contribution in [3.63, 3.8) is 0 Å². The van der Waals surface area contributed by atoms with Gasteiger partial charge < -0.3 is 14.8 Å². The first kappa shape index (κ1) is 17.8. The smallest absolute Gasteiger partial charge is 0.407 e. The number of carbonyl (C=O) groups excluding carboxylic acids is 2. The Balaban J connectivity index is 2.26. The predicted octanol–water partition coefficient (Wildman–Crippen LogP) is 3.41. The summed E-state index contributed by atoms with van der Waals surface area (Å²) >= 11 is 0. The highest BCUT2D eigenvalue weighted by Gasteiger charge is 2.26. The molecule has 21 heavy (non-hydrogen) atoms. The number of hydrogen-bond donors (Lipinski definition) is 1. The molecule has 5 nitrogen and oxygen atoms in total. The normalized spacial score (nSPS) is 22.8. The average molecular weight is 299 g/mol. The molecule has 0 aromatic carbocycles. The van der Waals surface area contributed by atoms with Crippen molar-refractivity contribution in [2.24, 2.45) is 5.92 Å². The maximum atomic E-state index is 11.7. The molecule has 1 fully saturated rings. The Kier molecular flexibility index (Phi) is 6.49. The van der Waals surface area contributed by atoms with E-state index in [2.05, 4.69) is 5.32 Å². The Bertz CT molecular complexity index is 352. The molecule has 0 aromatic rings. The van der Waals surface area contributed by atoms with Crippen molar-refractivity contribution in [2.45, 2.75) is 84.5 Å². The summed E-state index contributed by atoms with van der Waals surface area (Å²) < 4.78 is 10.4. The Hall–Kier alpha value is -1.26. The molecular weight excluding hydrogens is 270 g/mol. The maximum Gasteiger partial charge on any atom is 0.407 e. The Morgan fingerprint density at radius 1 is 1.14 bits per heavy atom. The van der Waals surface area contributed by atoms with Crippen LogP contribution in [0.5, 0.6) is 0 Å². The molecular formula is C16H29NO4. The van der Waals surface area contributed by atoms with E-state index in [0.29, 0.717) is 12.3 Å². The number of nitrogens with one attached hydrogen (secondary N) is 1. The third-order valence-corrected chi connectivity index (χ3v) is 3.39. The van der Waals surface area contributed by atoms with Crippen LogP contribution in [0.25, 0.3) is 0 Å². The molecule has 0 aliphatic heterocycles. The van der Waals surface area contributed by atoms with Crippen molar-refractivity contribution in [1.29, 1.82) is 0 Å². The van der Waals surface area contributed by atoms with E-state index in [1.54, 1.807) is 0 Å². The zero-order valence-electron chi connectivity index (χ0n) is 13.9. The van der Waals surface area contributed by atoms with Gasteiger partial charge >= 0.3 is 12.1 Å². The summed E-state index contributed by atoms with van der Waals surface area (Å²) in [5.41, 5.74) is -0.470. The van der Waals surface area contributed by atoms with Gasteiger partial charge in [0.2, 0.25) is 0 Å². The van der Waals surface area contributed by atoms with Gasteiger partial charge in [0.05, 0.1) is 6.10 Å². The van der Waals surface area contributed by atoms with Gasteiger partial charge in [-0.2, -0.15) is 0 Å². The molecule has 1 aliphatic rings. The van der Waals surface area contributed by atoms with Crippen molar-refractivity contribution in [3.05, 3.63) is 0 Å². The first-order valence-corrected chi connectivity index (χ1v) is 7.84. The second-order valence-corrected chi connectivity index (χ2v) is 7.11. The van der Waals surface area contributed by atoms with Gasteiger partial charge in [-0.05, 0) is 66.2 Å². The third kappa shape index (κ3) is 7.93. The summed E-state index contributed by atoms with van der Waals surface area (Å²) in [5.74, 6) is 0.251. The number of alkyl carbamates (subject to hydrolysis) is 1. The van der Waals surface area contributed by atoms with Gasteiger partial charge in [-0.1, -0.05) is 0 Å². The molecule has 1 aliphatic carbocycles. The van der Waals surface area contributed by atoms with Gasteiger partial charge in [-0.15, -0.1) is 0 Å². The first-order valence-electron chi connectivity index (χ1n) is 7.84. The van der Waals surface area contributed by atoms with Crippen molar-refractivity contribution in [2.75, 3.05) is 0 Å². The zero-order valence-corrected chi connectivity index (χ0v) is 13.9. The van der Waals surface area contributed by atoms with Crippen LogP contribution in [0, 0.1) is 5.92 Å². The number of ether oxygens (including phenoxy) is 2. The maximum absolute atomic E-state index is 11.7. The summed E-state index contributed by atoms with van der Waals surface area (Å²) in [5, 5.41) is 2.90. The van der Waals surface area contributed by atoms with Crippen LogP contribution in [0.15, 0.2) is 0 Å². The van der Waals surface area contributed by atoms with Gasteiger partial charge in [0.15, 0.2) is 0 Å². The Morgan fingerprint density at radius 2 is 1.71 bits per heavy atom. The van der Waals surface area contributed by atoms with E-state index in [-0.39, 0.29) is 24.2 Å². The van der Waals surface area contributed by atoms with Crippen molar-refractivity contribution in [1.82, 2.24) is 5.32 Å². The molecule has 1 N–H and O–H groups in total. The molecule has 1 rings (SSSR count). The molecule has 0 unspecified atom stereocenters. The minimum absolute atomic E-state index is 0.0531. The molecule has 0 spiro atoms. The monoisotopic (exact) mass is 299 g/mol. The number of amides is 1. The van der Waals surface area contributed by atoms with Crippen LogP contribution in [-0.4, -0.2) is 29.8 Å². The summed E-state index contributed by atoms with van der Waals surface area (Å²) in [6.45, 7) is 9.27. The van der Waals surface area contributed by atoms with E-state index in [1.165, 1.54) is 0 Å². The third-order valence-electron chi connectivity index (χ3n) is 3.39. The second kappa shape index (κ2) is 7.66. The Labute approximate surface area is 127 Å². The van der Waals surface area contributed by atoms with Crippen LogP contribution in [0.4, 0.5) is 4.79 Å². The molecule has 5 heteroatoms. The summed E-state index contributed by atoms with van der Waals surface area (Å²) in [4.78, 5) is 23.3. The molecule has 0 radical (unpaired) electrons. The van der Waals surface area contributed by atoms with Crippen molar-refractivity contribution >= 4 is 12.1 Å². The highest BCUT2D eigenvalue weighted by atomic mass is 16.6. The molecule has 1 amide bonds. The van der Waals surface area contributed by atoms with E-state index < -0.39 is 5.60 Å². The standard InChI is InChI=1S/C16H29NO4/c1-11(2)20-14(18)10-12-6-8-13(9-7-12)17-15(19)21-16(3,4)5/h11-13H,6-10H2,1-5H3,(H,17,19). The number of hydrogen-bond acceptors (Lipinski definition) is 4. The fraction of sp³-hybridized carbons (Fsp3) is 0.875. The minimum Gasteiger partial charge on any atom is -0.463 e. The number of carbonyl (C=O) groups is 2. The predicted molar refractivity (Wildman–Crippen MR) is 81.0 cm³/mol. The molecule has 0 saturated heterocycles. The van der Waals surface area contributed by atoms with Gasteiger partial charge in [0.25, 0.3) is 0 Å². The SMILES string of the molecule is CC(C)OC(=O)CC1CCC(NC(=O)OC(C)(C)C)CC1. The highest BCUT2D eigenvalue weighted by molar-refractivity contribution is 5.70. The highest BCUT2D eigenvalue weighted by Crippen LogP contribution is 2.27. The minimum atomic E-state index is -0.470. The fourth-order valence-corrected chi connectivity index (χ4v) is 2.53. The summed E-state index contributed by atoms with van der Waals surface area (Å²) in [6, 6.07) is 0.150. The number of rotatable bonds is 4. The molecule has 0 atom stereocenters. The Morgan fingerprint density at radius 3 is 2.19 bits per heavy atom. The van der Waals surface area contributed by atoms with E-state index in [0.717, 1.165) is 25.7 Å². The molecule has 122 valence electrons. The van der Waals surface area contributed by atoms with Crippen LogP contribution in [0.1, 0.15) is 66.7 Å². The van der Waals surface area contributed by atoms with Crippen LogP contribution < -0.4 is 5.32 Å². The van der Waals surface area contributed by atoms with Gasteiger partial charge in [-0.3, -0.25) is 4.79 Å². The van der Waals surface area contributed by atoms with Crippen molar-refractivity contribution < 1.29 is 19.1 Å². The molecule has 1 saturated carbocycles. The average Bonchev–Trinajstić information content (AvgIpc) is 2.27. The largest absolute Gasteiger partial charge is 0.463 e. The van der Waals surface area contributed by atoms with Gasteiger partial charge in [-0.25, -0.2) is 4.79 Å². The van der Waals surface area contributed by atoms with E-state index in [4.69, 9.17) is 9.47 Å². The molecule has 0 aromatic heterocycles. The summed E-state index contributed by atoms with van der Waals surface area (Å²) in [7, 11) is 0. The van der Waals surface area contributed by atoms with Gasteiger partial charge in [0, 0.05) is 12.5 Å². The second-order valence-electron chi connectivity index (χ2n) is 7.11. The fourth-order valence-electron chi connectivity index (χ4n) is 2.53. The van der Waals surface area contributed by atoms with E-state index in [9.17, 15) is 9.59 Å². The molecule has 0 heterocycles. The van der Waals surface area contributed by atoms with Crippen LogP contribution in [-0.2, 0) is 14.3 Å². The van der Waals surface area contributed by atoms with E-state index >= 15 is 0 Å². The van der Waals surface area contributed by atoms with E-state index in [1.807, 2.05) is 34.6 Å². The van der Waals surface area contributed by atoms with Crippen LogP contribution in [0.2, 0.25) is 0 Å². The molecule has 0 bridgehead atoms. The summed E-state index contributed by atoms with van der Waals surface area (Å²) in [6.07, 6.45) is 3.73. The topological polar surface area (TPSA) is 64.6 Å². The lowest BCUT2D eigenvalue weighted by Crippen LogP contribution is -2.41. The quantitative estimate of drug-likeness (QED) is 0.808. The van der Waals surface area contributed by atoms with Crippen LogP contribution in [0.3, 0.4) is 0 Å². The number of esters is 1.